The van der Waals surface area contributed by atoms with Gasteiger partial charge in [-0.15, -0.1) is 5.10 Å². The second-order valence-corrected chi connectivity index (χ2v) is 4.62. The first kappa shape index (κ1) is 14.0. The number of hydrogen-bond acceptors (Lipinski definition) is 4. The van der Waals surface area contributed by atoms with E-state index in [1.54, 1.807) is 0 Å². The summed E-state index contributed by atoms with van der Waals surface area (Å²) >= 11 is 0. The molecule has 1 aromatic carbocycles. The molecule has 5 N–H and O–H groups in total. The zero-order valence-corrected chi connectivity index (χ0v) is 11.2. The molecule has 0 aliphatic carbocycles. The first-order valence-electron chi connectivity index (χ1n) is 6.44. The Kier molecular flexibility index (Phi) is 4.65. The summed E-state index contributed by atoms with van der Waals surface area (Å²) in [6.45, 7) is 1.57. The fourth-order valence-electron chi connectivity index (χ4n) is 2.10. The summed E-state index contributed by atoms with van der Waals surface area (Å²) in [5.74, 6) is 5.40. The normalized spacial score (nSPS) is 18.9. The van der Waals surface area contributed by atoms with Crippen molar-refractivity contribution in [3.8, 4) is 0 Å². The van der Waals surface area contributed by atoms with E-state index in [2.05, 4.69) is 10.4 Å². The Morgan fingerprint density at radius 3 is 2.90 bits per heavy atom. The van der Waals surface area contributed by atoms with Gasteiger partial charge in [-0.1, -0.05) is 30.3 Å². The van der Waals surface area contributed by atoms with E-state index < -0.39 is 6.09 Å². The molecule has 1 atom stereocenters. The van der Waals surface area contributed by atoms with Crippen LogP contribution in [0.1, 0.15) is 12.0 Å². The van der Waals surface area contributed by atoms with Crippen LogP contribution in [0.5, 0.6) is 0 Å². The van der Waals surface area contributed by atoms with Crippen LogP contribution in [0.3, 0.4) is 0 Å². The van der Waals surface area contributed by atoms with Gasteiger partial charge in [0.25, 0.3) is 0 Å². The average molecular weight is 277 g/mol. The summed E-state index contributed by atoms with van der Waals surface area (Å²) in [6, 6.07) is 9.53. The molecule has 0 saturated carbocycles. The van der Waals surface area contributed by atoms with Crippen molar-refractivity contribution in [2.45, 2.75) is 19.1 Å². The lowest BCUT2D eigenvalue weighted by Crippen LogP contribution is -2.41. The molecule has 1 aromatic rings. The number of nitrogens with one attached hydrogen (secondary N) is 1. The van der Waals surface area contributed by atoms with E-state index in [1.807, 2.05) is 35.2 Å². The van der Waals surface area contributed by atoms with Crippen molar-refractivity contribution in [3.05, 3.63) is 35.9 Å². The number of hydrazone groups is 1. The molecular weight excluding hydrogens is 258 g/mol. The van der Waals surface area contributed by atoms with Crippen LogP contribution < -0.4 is 16.9 Å². The number of alkyl carbamates (subject to hydrolysis) is 1. The minimum atomic E-state index is -0.427. The lowest BCUT2D eigenvalue weighted by Gasteiger charge is -2.16. The Morgan fingerprint density at radius 1 is 1.45 bits per heavy atom. The molecule has 20 heavy (non-hydrogen) atoms. The van der Waals surface area contributed by atoms with Crippen LogP contribution in [-0.4, -0.2) is 36.1 Å². The van der Waals surface area contributed by atoms with Crippen LogP contribution in [0, 0.1) is 0 Å². The van der Waals surface area contributed by atoms with Gasteiger partial charge in [0, 0.05) is 13.1 Å². The van der Waals surface area contributed by atoms with E-state index in [0.717, 1.165) is 18.5 Å². The minimum Gasteiger partial charge on any atom is -0.445 e. The van der Waals surface area contributed by atoms with Crippen LogP contribution in [0.25, 0.3) is 0 Å². The maximum atomic E-state index is 11.7. The SMILES string of the molecule is N/N=C(/N)N1CC[C@H](NC(=O)OCc2ccccc2)C1. The highest BCUT2D eigenvalue weighted by atomic mass is 16.5. The van der Waals surface area contributed by atoms with Crippen molar-refractivity contribution in [1.29, 1.82) is 0 Å². The van der Waals surface area contributed by atoms with Gasteiger partial charge in [-0.05, 0) is 12.0 Å². The molecule has 0 radical (unpaired) electrons. The standard InChI is InChI=1S/C13H19N5O2/c14-12(17-15)18-7-6-11(8-18)16-13(19)20-9-10-4-2-1-3-5-10/h1-5,11H,6-9,15H2,(H2,14,17)(H,16,19)/t11-/m0/s1. The predicted molar refractivity (Wildman–Crippen MR) is 75.6 cm³/mol. The molecule has 108 valence electrons. The van der Waals surface area contributed by atoms with Crippen molar-refractivity contribution in [2.75, 3.05) is 13.1 Å². The fraction of sp³-hybridized carbons (Fsp3) is 0.385. The predicted octanol–water partition coefficient (Wildman–Crippen LogP) is 0.176. The number of amides is 1. The number of likely N-dealkylation sites (tertiary alicyclic amines) is 1. The van der Waals surface area contributed by atoms with Crippen LogP contribution >= 0.6 is 0 Å². The fourth-order valence-corrected chi connectivity index (χ4v) is 2.10. The first-order chi connectivity index (χ1) is 9.69. The van der Waals surface area contributed by atoms with Crippen LogP contribution in [0.4, 0.5) is 4.79 Å². The summed E-state index contributed by atoms with van der Waals surface area (Å²) in [5, 5.41) is 6.24. The molecule has 1 saturated heterocycles. The number of guanidine groups is 1. The van der Waals surface area contributed by atoms with Crippen molar-refractivity contribution in [3.63, 3.8) is 0 Å². The maximum absolute atomic E-state index is 11.7. The molecule has 0 spiro atoms. The van der Waals surface area contributed by atoms with Gasteiger partial charge in [0.1, 0.15) is 6.61 Å². The Bertz CT molecular complexity index is 477. The van der Waals surface area contributed by atoms with E-state index in [0.29, 0.717) is 6.54 Å². The molecule has 2 rings (SSSR count). The van der Waals surface area contributed by atoms with Gasteiger partial charge in [-0.25, -0.2) is 4.79 Å². The Hall–Kier alpha value is -2.44. The molecule has 0 unspecified atom stereocenters. The van der Waals surface area contributed by atoms with Crippen molar-refractivity contribution < 1.29 is 9.53 Å². The number of carbonyl (C=O) groups is 1. The van der Waals surface area contributed by atoms with Crippen molar-refractivity contribution in [1.82, 2.24) is 10.2 Å². The van der Waals surface area contributed by atoms with E-state index in [4.69, 9.17) is 16.3 Å². The Morgan fingerprint density at radius 2 is 2.20 bits per heavy atom. The molecule has 1 aliphatic heterocycles. The molecule has 1 fully saturated rings. The zero-order valence-electron chi connectivity index (χ0n) is 11.2. The van der Waals surface area contributed by atoms with Gasteiger partial charge < -0.3 is 26.5 Å². The summed E-state index contributed by atoms with van der Waals surface area (Å²) in [4.78, 5) is 13.5. The Labute approximate surface area is 117 Å². The van der Waals surface area contributed by atoms with Crippen LogP contribution in [0.15, 0.2) is 35.4 Å². The van der Waals surface area contributed by atoms with Gasteiger partial charge in [0.2, 0.25) is 5.96 Å². The largest absolute Gasteiger partial charge is 0.445 e. The highest BCUT2D eigenvalue weighted by molar-refractivity contribution is 5.78. The van der Waals surface area contributed by atoms with E-state index >= 15 is 0 Å². The first-order valence-corrected chi connectivity index (χ1v) is 6.44. The summed E-state index contributed by atoms with van der Waals surface area (Å²) in [6.07, 6.45) is 0.361. The third-order valence-corrected chi connectivity index (χ3v) is 3.18. The second kappa shape index (κ2) is 6.65. The molecule has 1 amide bonds. The highest BCUT2D eigenvalue weighted by Crippen LogP contribution is 2.09. The number of rotatable bonds is 3. The van der Waals surface area contributed by atoms with Gasteiger partial charge in [0.05, 0.1) is 6.04 Å². The van der Waals surface area contributed by atoms with Gasteiger partial charge >= 0.3 is 6.09 Å². The quantitative estimate of drug-likeness (QED) is 0.316. The van der Waals surface area contributed by atoms with Crippen molar-refractivity contribution in [2.24, 2.45) is 16.7 Å². The number of nitrogens with two attached hydrogens (primary N) is 2. The third kappa shape index (κ3) is 3.78. The highest BCUT2D eigenvalue weighted by Gasteiger charge is 2.25. The van der Waals surface area contributed by atoms with Gasteiger partial charge in [0.15, 0.2) is 0 Å². The van der Waals surface area contributed by atoms with Crippen LogP contribution in [0.2, 0.25) is 0 Å². The summed E-state index contributed by atoms with van der Waals surface area (Å²) in [7, 11) is 0. The number of nitrogens with zero attached hydrogens (tertiary/aromatic N) is 2. The van der Waals surface area contributed by atoms with E-state index in [-0.39, 0.29) is 18.6 Å². The lowest BCUT2D eigenvalue weighted by molar-refractivity contribution is 0.136. The zero-order chi connectivity index (χ0) is 14.4. The number of benzene rings is 1. The number of hydrogen-bond donors (Lipinski definition) is 3. The third-order valence-electron chi connectivity index (χ3n) is 3.18. The van der Waals surface area contributed by atoms with Crippen LogP contribution in [-0.2, 0) is 11.3 Å². The number of ether oxygens (including phenoxy) is 1. The molecule has 0 bridgehead atoms. The lowest BCUT2D eigenvalue weighted by atomic mass is 10.2. The molecule has 1 aliphatic rings. The van der Waals surface area contributed by atoms with E-state index in [9.17, 15) is 4.79 Å². The monoisotopic (exact) mass is 277 g/mol. The molecule has 1 heterocycles. The summed E-state index contributed by atoms with van der Waals surface area (Å²) in [5.41, 5.74) is 6.57. The minimum absolute atomic E-state index is 0.00132. The van der Waals surface area contributed by atoms with Gasteiger partial charge in [-0.3, -0.25) is 0 Å². The van der Waals surface area contributed by atoms with E-state index in [1.165, 1.54) is 0 Å². The number of carbonyl (C=O) groups excluding carboxylic acids is 1. The molecular formula is C13H19N5O2. The topological polar surface area (TPSA) is 106 Å². The maximum Gasteiger partial charge on any atom is 0.407 e. The summed E-state index contributed by atoms with van der Waals surface area (Å²) < 4.78 is 5.16. The average Bonchev–Trinajstić information content (AvgIpc) is 2.94. The molecule has 7 heteroatoms. The molecule has 0 aromatic heterocycles. The second-order valence-electron chi connectivity index (χ2n) is 4.62. The Balaban J connectivity index is 1.73. The van der Waals surface area contributed by atoms with Crippen molar-refractivity contribution >= 4 is 12.1 Å². The smallest absolute Gasteiger partial charge is 0.407 e. The van der Waals surface area contributed by atoms with Gasteiger partial charge in [-0.2, -0.15) is 0 Å². The molecule has 7 nitrogen and oxygen atoms in total.